The van der Waals surface area contributed by atoms with Gasteiger partial charge in [-0.25, -0.2) is 4.89 Å². The molecule has 0 fully saturated rings. The molecule has 0 aliphatic carbocycles. The zero-order chi connectivity index (χ0) is 5.70. The molecule has 0 aromatic rings. The number of rotatable bonds is 2. The molecule has 2 heteroatoms. The minimum Gasteiger partial charge on any atom is -0.251 e. The highest BCUT2D eigenvalue weighted by atomic mass is 17.1. The molecule has 0 bridgehead atoms. The average Bonchev–Trinajstić information content (AvgIpc) is 1.68. The molecule has 0 amide bonds. The maximum absolute atomic E-state index is 7.83. The van der Waals surface area contributed by atoms with E-state index in [9.17, 15) is 0 Å². The van der Waals surface area contributed by atoms with Crippen LogP contribution in [0.15, 0.2) is 11.6 Å². The third-order valence-electron chi connectivity index (χ3n) is 0.785. The molecule has 0 aromatic carbocycles. The maximum atomic E-state index is 7.83. The van der Waals surface area contributed by atoms with Crippen LogP contribution < -0.4 is 0 Å². The van der Waals surface area contributed by atoms with E-state index in [1.807, 2.05) is 19.9 Å². The molecule has 0 atom stereocenters. The summed E-state index contributed by atoms with van der Waals surface area (Å²) in [4.78, 5) is 3.83. The van der Waals surface area contributed by atoms with Gasteiger partial charge in [-0.2, -0.15) is 0 Å². The minimum atomic E-state index is 0.316. The topological polar surface area (TPSA) is 29.5 Å². The van der Waals surface area contributed by atoms with E-state index < -0.39 is 0 Å². The van der Waals surface area contributed by atoms with Gasteiger partial charge >= 0.3 is 0 Å². The van der Waals surface area contributed by atoms with Crippen LogP contribution in [0, 0.1) is 0 Å². The molecular weight excluding hydrogens is 92.1 g/mol. The molecule has 42 valence electrons. The third-order valence-corrected chi connectivity index (χ3v) is 0.785. The van der Waals surface area contributed by atoms with Crippen LogP contribution in [0.4, 0.5) is 0 Å². The Morgan fingerprint density at radius 3 is 2.57 bits per heavy atom. The van der Waals surface area contributed by atoms with Crippen molar-refractivity contribution in [3.63, 3.8) is 0 Å². The van der Waals surface area contributed by atoms with E-state index in [0.29, 0.717) is 6.61 Å². The zero-order valence-electron chi connectivity index (χ0n) is 4.64. The van der Waals surface area contributed by atoms with Crippen molar-refractivity contribution >= 4 is 0 Å². The summed E-state index contributed by atoms with van der Waals surface area (Å²) in [6, 6.07) is 0. The molecule has 0 heterocycles. The summed E-state index contributed by atoms with van der Waals surface area (Å²) < 4.78 is 0. The fourth-order valence-corrected chi connectivity index (χ4v) is 0.185. The van der Waals surface area contributed by atoms with E-state index in [0.717, 1.165) is 5.57 Å². The van der Waals surface area contributed by atoms with Gasteiger partial charge in [0.25, 0.3) is 0 Å². The van der Waals surface area contributed by atoms with Crippen LogP contribution in [0.2, 0.25) is 0 Å². The summed E-state index contributed by atoms with van der Waals surface area (Å²) >= 11 is 0. The molecule has 0 saturated carbocycles. The molecule has 0 radical (unpaired) electrons. The molecule has 0 aliphatic heterocycles. The Hall–Kier alpha value is -0.340. The van der Waals surface area contributed by atoms with Crippen LogP contribution >= 0.6 is 0 Å². The first kappa shape index (κ1) is 6.66. The Kier molecular flexibility index (Phi) is 3.65. The van der Waals surface area contributed by atoms with Crippen LogP contribution in [0.5, 0.6) is 0 Å². The molecule has 0 saturated heterocycles. The lowest BCUT2D eigenvalue weighted by Crippen LogP contribution is -1.88. The minimum absolute atomic E-state index is 0.316. The number of hydrogen-bond donors (Lipinski definition) is 1. The van der Waals surface area contributed by atoms with Gasteiger partial charge in [-0.1, -0.05) is 6.08 Å². The van der Waals surface area contributed by atoms with Gasteiger partial charge in [-0.15, -0.1) is 0 Å². The lowest BCUT2D eigenvalue weighted by Gasteiger charge is -1.91. The van der Waals surface area contributed by atoms with E-state index in [1.54, 1.807) is 0 Å². The summed E-state index contributed by atoms with van der Waals surface area (Å²) in [6.07, 6.45) is 1.89. The first-order valence-electron chi connectivity index (χ1n) is 2.19. The quantitative estimate of drug-likeness (QED) is 0.325. The fraction of sp³-hybridized carbons (Fsp3) is 0.600. The van der Waals surface area contributed by atoms with E-state index in [1.165, 1.54) is 0 Å². The third kappa shape index (κ3) is 3.49. The van der Waals surface area contributed by atoms with Crippen molar-refractivity contribution in [1.82, 2.24) is 0 Å². The average molecular weight is 102 g/mol. The zero-order valence-corrected chi connectivity index (χ0v) is 4.64. The molecule has 1 N–H and O–H groups in total. The molecule has 0 aromatic heterocycles. The van der Waals surface area contributed by atoms with Crippen LogP contribution in [0.1, 0.15) is 13.8 Å². The van der Waals surface area contributed by atoms with Crippen LogP contribution in [-0.4, -0.2) is 11.9 Å². The van der Waals surface area contributed by atoms with Gasteiger partial charge < -0.3 is 0 Å². The highest BCUT2D eigenvalue weighted by Crippen LogP contribution is 1.88. The van der Waals surface area contributed by atoms with E-state index in [4.69, 9.17) is 5.26 Å². The monoisotopic (exact) mass is 102 g/mol. The van der Waals surface area contributed by atoms with Gasteiger partial charge in [0, 0.05) is 0 Å². The number of hydrogen-bond acceptors (Lipinski definition) is 2. The van der Waals surface area contributed by atoms with Crippen LogP contribution in [0.25, 0.3) is 0 Å². The SMILES string of the molecule is CC=C(C)COO. The Morgan fingerprint density at radius 1 is 1.86 bits per heavy atom. The van der Waals surface area contributed by atoms with Gasteiger partial charge in [0.2, 0.25) is 0 Å². The van der Waals surface area contributed by atoms with Gasteiger partial charge in [0.05, 0.1) is 0 Å². The van der Waals surface area contributed by atoms with Crippen molar-refractivity contribution in [3.8, 4) is 0 Å². The van der Waals surface area contributed by atoms with Crippen LogP contribution in [0.3, 0.4) is 0 Å². The Morgan fingerprint density at radius 2 is 2.43 bits per heavy atom. The summed E-state index contributed by atoms with van der Waals surface area (Å²) in [7, 11) is 0. The second-order valence-electron chi connectivity index (χ2n) is 1.41. The van der Waals surface area contributed by atoms with Crippen molar-refractivity contribution < 1.29 is 10.1 Å². The Labute approximate surface area is 43.3 Å². The predicted molar refractivity (Wildman–Crippen MR) is 28.0 cm³/mol. The predicted octanol–water partition coefficient (Wildman–Crippen LogP) is 1.44. The van der Waals surface area contributed by atoms with Crippen molar-refractivity contribution in [2.45, 2.75) is 13.8 Å². The van der Waals surface area contributed by atoms with E-state index >= 15 is 0 Å². The van der Waals surface area contributed by atoms with Gasteiger partial charge in [0.1, 0.15) is 6.61 Å². The summed E-state index contributed by atoms with van der Waals surface area (Å²) in [6.45, 7) is 4.10. The second kappa shape index (κ2) is 3.84. The lowest BCUT2D eigenvalue weighted by atomic mass is 10.3. The highest BCUT2D eigenvalue weighted by Gasteiger charge is 1.81. The van der Waals surface area contributed by atoms with Crippen LogP contribution in [-0.2, 0) is 4.89 Å². The van der Waals surface area contributed by atoms with Gasteiger partial charge in [0.15, 0.2) is 0 Å². The first-order valence-corrected chi connectivity index (χ1v) is 2.19. The molecule has 0 rings (SSSR count). The number of allylic oxidation sites excluding steroid dienone is 1. The molecule has 0 unspecified atom stereocenters. The van der Waals surface area contributed by atoms with Gasteiger partial charge in [-0.3, -0.25) is 5.26 Å². The molecule has 2 nitrogen and oxygen atoms in total. The van der Waals surface area contributed by atoms with Crippen molar-refractivity contribution in [2.75, 3.05) is 6.61 Å². The molecule has 0 aliphatic rings. The van der Waals surface area contributed by atoms with Crippen molar-refractivity contribution in [3.05, 3.63) is 11.6 Å². The maximum Gasteiger partial charge on any atom is 0.103 e. The van der Waals surface area contributed by atoms with Gasteiger partial charge in [-0.05, 0) is 19.4 Å². The summed E-state index contributed by atoms with van der Waals surface area (Å²) in [5, 5.41) is 7.83. The van der Waals surface area contributed by atoms with E-state index in [-0.39, 0.29) is 0 Å². The molecule has 0 spiro atoms. The smallest absolute Gasteiger partial charge is 0.103 e. The van der Waals surface area contributed by atoms with Crippen molar-refractivity contribution in [1.29, 1.82) is 0 Å². The fourth-order valence-electron chi connectivity index (χ4n) is 0.185. The Balaban J connectivity index is 3.17. The summed E-state index contributed by atoms with van der Waals surface area (Å²) in [5.74, 6) is 0. The first-order chi connectivity index (χ1) is 3.31. The normalized spacial score (nSPS) is 12.1. The highest BCUT2D eigenvalue weighted by molar-refractivity contribution is 4.94. The van der Waals surface area contributed by atoms with E-state index in [2.05, 4.69) is 4.89 Å². The summed E-state index contributed by atoms with van der Waals surface area (Å²) in [5.41, 5.74) is 1.03. The molecule has 7 heavy (non-hydrogen) atoms. The standard InChI is InChI=1S/C5H10O2/c1-3-5(2)4-7-6/h3,6H,4H2,1-2H3. The lowest BCUT2D eigenvalue weighted by molar-refractivity contribution is -0.234. The Bertz CT molecular complexity index is 66.5. The largest absolute Gasteiger partial charge is 0.251 e. The second-order valence-corrected chi connectivity index (χ2v) is 1.41. The molecular formula is C5H10O2. The van der Waals surface area contributed by atoms with Crippen molar-refractivity contribution in [2.24, 2.45) is 0 Å².